The zero-order chi connectivity index (χ0) is 24.2. The molecule has 3 atom stereocenters. The second-order valence-electron chi connectivity index (χ2n) is 10.1. The van der Waals surface area contributed by atoms with Crippen molar-refractivity contribution < 1.29 is 19.1 Å². The summed E-state index contributed by atoms with van der Waals surface area (Å²) in [5.41, 5.74) is 7.73. The molecule has 0 radical (unpaired) electrons. The lowest BCUT2D eigenvalue weighted by atomic mass is 10.0. The number of alkyl halides is 1. The van der Waals surface area contributed by atoms with E-state index in [4.69, 9.17) is 5.73 Å². The molecule has 186 valence electrons. The first-order chi connectivity index (χ1) is 15.7. The Morgan fingerprint density at radius 3 is 2.67 bits per heavy atom. The number of likely N-dealkylation sites (tertiary alicyclic amines) is 1. The molecule has 3 N–H and O–H groups in total. The minimum atomic E-state index is -1.45. The monoisotopic (exact) mass is 464 g/mol. The van der Waals surface area contributed by atoms with E-state index in [2.05, 4.69) is 30.7 Å². The SMILES string of the molecule is CCC(C)CCN(C(=O)CN=C1CCC/C1=C(/N)C(=O)N1CCC(O)C(F)C1)C1(CC)CC1. The summed E-state index contributed by atoms with van der Waals surface area (Å²) in [6.07, 6.45) is 5.04. The van der Waals surface area contributed by atoms with Crippen molar-refractivity contribution in [2.24, 2.45) is 16.6 Å². The number of hydrogen-bond acceptors (Lipinski definition) is 5. The van der Waals surface area contributed by atoms with Crippen molar-refractivity contribution >= 4 is 17.5 Å². The van der Waals surface area contributed by atoms with Crippen molar-refractivity contribution in [3.63, 3.8) is 0 Å². The summed E-state index contributed by atoms with van der Waals surface area (Å²) in [7, 11) is 0. The molecule has 0 bridgehead atoms. The molecule has 2 saturated carbocycles. The van der Waals surface area contributed by atoms with Crippen LogP contribution in [0.1, 0.15) is 78.6 Å². The van der Waals surface area contributed by atoms with Gasteiger partial charge in [0.15, 0.2) is 0 Å². The summed E-state index contributed by atoms with van der Waals surface area (Å²) in [6, 6.07) is 0. The largest absolute Gasteiger partial charge is 0.394 e. The number of aliphatic hydroxyl groups is 1. The van der Waals surface area contributed by atoms with Gasteiger partial charge in [0.05, 0.1) is 12.6 Å². The molecule has 0 aromatic heterocycles. The van der Waals surface area contributed by atoms with E-state index in [1.165, 1.54) is 4.90 Å². The summed E-state index contributed by atoms with van der Waals surface area (Å²) < 4.78 is 13.9. The number of carbonyl (C=O) groups excluding carboxylic acids is 2. The first-order valence-electron chi connectivity index (χ1n) is 12.7. The molecule has 7 nitrogen and oxygen atoms in total. The van der Waals surface area contributed by atoms with Gasteiger partial charge in [0.1, 0.15) is 18.4 Å². The number of halogens is 1. The van der Waals surface area contributed by atoms with E-state index in [0.717, 1.165) is 50.8 Å². The maximum Gasteiger partial charge on any atom is 0.270 e. The highest BCUT2D eigenvalue weighted by Gasteiger charge is 2.48. The molecular weight excluding hydrogens is 423 g/mol. The Morgan fingerprint density at radius 2 is 2.06 bits per heavy atom. The predicted molar refractivity (Wildman–Crippen MR) is 128 cm³/mol. The Bertz CT molecular complexity index is 793. The Labute approximate surface area is 197 Å². The van der Waals surface area contributed by atoms with Gasteiger partial charge < -0.3 is 20.6 Å². The first-order valence-corrected chi connectivity index (χ1v) is 12.7. The zero-order valence-electron chi connectivity index (χ0n) is 20.5. The average Bonchev–Trinajstić information content (AvgIpc) is 3.46. The lowest BCUT2D eigenvalue weighted by Gasteiger charge is -2.32. The van der Waals surface area contributed by atoms with Gasteiger partial charge in [-0.3, -0.25) is 14.6 Å². The fourth-order valence-electron chi connectivity index (χ4n) is 4.96. The summed E-state index contributed by atoms with van der Waals surface area (Å²) in [6.45, 7) is 7.51. The van der Waals surface area contributed by atoms with Gasteiger partial charge in [0.25, 0.3) is 5.91 Å². The highest BCUT2D eigenvalue weighted by molar-refractivity contribution is 6.09. The quantitative estimate of drug-likeness (QED) is 0.513. The van der Waals surface area contributed by atoms with Crippen molar-refractivity contribution in [2.75, 3.05) is 26.2 Å². The maximum atomic E-state index is 13.9. The minimum Gasteiger partial charge on any atom is -0.394 e. The van der Waals surface area contributed by atoms with E-state index in [1.54, 1.807) is 0 Å². The molecule has 0 aromatic rings. The molecule has 33 heavy (non-hydrogen) atoms. The molecule has 1 saturated heterocycles. The van der Waals surface area contributed by atoms with Crippen LogP contribution >= 0.6 is 0 Å². The Hall–Kier alpha value is -1.96. The van der Waals surface area contributed by atoms with Gasteiger partial charge in [-0.05, 0) is 57.3 Å². The van der Waals surface area contributed by atoms with E-state index in [-0.39, 0.29) is 43.2 Å². The van der Waals surface area contributed by atoms with Gasteiger partial charge in [0, 0.05) is 29.9 Å². The van der Waals surface area contributed by atoms with Crippen LogP contribution in [0.25, 0.3) is 0 Å². The summed E-state index contributed by atoms with van der Waals surface area (Å²) in [5, 5.41) is 9.59. The van der Waals surface area contributed by atoms with Gasteiger partial charge in [-0.2, -0.15) is 0 Å². The smallest absolute Gasteiger partial charge is 0.270 e. The van der Waals surface area contributed by atoms with Crippen molar-refractivity contribution in [3.8, 4) is 0 Å². The third kappa shape index (κ3) is 5.94. The van der Waals surface area contributed by atoms with Crippen LogP contribution in [-0.2, 0) is 9.59 Å². The van der Waals surface area contributed by atoms with Crippen LogP contribution in [0.3, 0.4) is 0 Å². The van der Waals surface area contributed by atoms with Crippen LogP contribution in [0.15, 0.2) is 16.3 Å². The average molecular weight is 465 g/mol. The van der Waals surface area contributed by atoms with Gasteiger partial charge in [-0.15, -0.1) is 0 Å². The number of nitrogens with two attached hydrogens (primary N) is 1. The van der Waals surface area contributed by atoms with E-state index < -0.39 is 18.2 Å². The number of piperidine rings is 1. The lowest BCUT2D eigenvalue weighted by molar-refractivity contribution is -0.133. The predicted octanol–water partition coefficient (Wildman–Crippen LogP) is 2.96. The number of aliphatic hydroxyl groups excluding tert-OH is 1. The number of rotatable bonds is 9. The lowest BCUT2D eigenvalue weighted by Crippen LogP contribution is -2.48. The van der Waals surface area contributed by atoms with Crippen LogP contribution in [0.4, 0.5) is 4.39 Å². The third-order valence-electron chi connectivity index (χ3n) is 7.85. The third-order valence-corrected chi connectivity index (χ3v) is 7.85. The topological polar surface area (TPSA) is 99.2 Å². The fraction of sp³-hybridized carbons (Fsp3) is 0.800. The Balaban J connectivity index is 1.69. The molecule has 1 aliphatic heterocycles. The standard InChI is InChI=1S/C25H41FN4O3/c1-4-17(3)9-14-30(25(5-2)11-12-25)22(32)15-28-20-8-6-7-18(20)23(27)24(33)29-13-10-21(31)19(26)16-29/h17,19,21,31H,4-16,27H2,1-3H3/b23-18-,28-20?. The maximum absolute atomic E-state index is 13.9. The fourth-order valence-corrected chi connectivity index (χ4v) is 4.96. The summed E-state index contributed by atoms with van der Waals surface area (Å²) in [5.74, 6) is 0.222. The normalized spacial score (nSPS) is 28.0. The number of nitrogens with zero attached hydrogens (tertiary/aromatic N) is 3. The first kappa shape index (κ1) is 25.7. The van der Waals surface area contributed by atoms with Crippen LogP contribution < -0.4 is 5.73 Å². The molecule has 1 heterocycles. The van der Waals surface area contributed by atoms with Crippen LogP contribution in [0.2, 0.25) is 0 Å². The van der Waals surface area contributed by atoms with E-state index in [1.807, 2.05) is 0 Å². The van der Waals surface area contributed by atoms with Crippen LogP contribution in [0.5, 0.6) is 0 Å². The number of allylic oxidation sites excluding steroid dienone is 1. The molecule has 0 aromatic carbocycles. The molecule has 0 spiro atoms. The van der Waals surface area contributed by atoms with Crippen LogP contribution in [0, 0.1) is 5.92 Å². The Morgan fingerprint density at radius 1 is 1.33 bits per heavy atom. The van der Waals surface area contributed by atoms with Crippen molar-refractivity contribution in [1.82, 2.24) is 9.80 Å². The van der Waals surface area contributed by atoms with Crippen molar-refractivity contribution in [1.29, 1.82) is 0 Å². The molecule has 8 heteroatoms. The van der Waals surface area contributed by atoms with Gasteiger partial charge in [0.2, 0.25) is 5.91 Å². The number of carbonyl (C=O) groups is 2. The molecule has 2 amide bonds. The highest BCUT2D eigenvalue weighted by Crippen LogP contribution is 2.45. The molecule has 3 aliphatic rings. The number of amides is 2. The highest BCUT2D eigenvalue weighted by atomic mass is 19.1. The summed E-state index contributed by atoms with van der Waals surface area (Å²) in [4.78, 5) is 34.1. The van der Waals surface area contributed by atoms with Crippen LogP contribution in [-0.4, -0.2) is 76.4 Å². The number of hydrogen-bond donors (Lipinski definition) is 2. The minimum absolute atomic E-state index is 0.00416. The van der Waals surface area contributed by atoms with Gasteiger partial charge >= 0.3 is 0 Å². The molecular formula is C25H41FN4O3. The molecule has 2 aliphatic carbocycles. The van der Waals surface area contributed by atoms with Crippen molar-refractivity contribution in [2.45, 2.75) is 96.4 Å². The second kappa shape index (κ2) is 11.0. The van der Waals surface area contributed by atoms with Crippen molar-refractivity contribution in [3.05, 3.63) is 11.3 Å². The summed E-state index contributed by atoms with van der Waals surface area (Å²) >= 11 is 0. The second-order valence-corrected chi connectivity index (χ2v) is 10.1. The molecule has 3 rings (SSSR count). The zero-order valence-corrected chi connectivity index (χ0v) is 20.5. The molecule has 3 fully saturated rings. The van der Waals surface area contributed by atoms with E-state index in [9.17, 15) is 19.1 Å². The van der Waals surface area contributed by atoms with E-state index >= 15 is 0 Å². The Kier molecular flexibility index (Phi) is 8.54. The van der Waals surface area contributed by atoms with E-state index in [0.29, 0.717) is 24.3 Å². The van der Waals surface area contributed by atoms with Gasteiger partial charge in [-0.25, -0.2) is 4.39 Å². The van der Waals surface area contributed by atoms with Gasteiger partial charge in [-0.1, -0.05) is 27.2 Å². The molecule has 3 unspecified atom stereocenters. The number of aliphatic imine (C=N–C) groups is 1.